The van der Waals surface area contributed by atoms with E-state index >= 15 is 0 Å². The van der Waals surface area contributed by atoms with E-state index in [2.05, 4.69) is 9.98 Å². The Bertz CT molecular complexity index is 1380. The Labute approximate surface area is 167 Å². The van der Waals surface area contributed by atoms with Gasteiger partial charge in [0, 0.05) is 17.3 Å². The first-order valence-electron chi connectivity index (χ1n) is 9.40. The number of phenols is 1. The molecule has 29 heavy (non-hydrogen) atoms. The van der Waals surface area contributed by atoms with Gasteiger partial charge in [0.1, 0.15) is 11.3 Å². The molecule has 0 amide bonds. The Morgan fingerprint density at radius 3 is 2.72 bits per heavy atom. The highest BCUT2D eigenvalue weighted by Crippen LogP contribution is 2.29. The Morgan fingerprint density at radius 2 is 1.83 bits per heavy atom. The standard InChI is InChI=1S/C25H18N2O2/c1-16-5-4-7-18(13-16)25-27-22-14-19(10-12-24(22)29-25)26-15-21-20-8-3-2-6-17(20)9-11-23(21)28/h2-15,28H,1H3. The van der Waals surface area contributed by atoms with E-state index in [9.17, 15) is 5.11 Å². The van der Waals surface area contributed by atoms with Crippen molar-refractivity contribution in [3.05, 3.63) is 90.0 Å². The zero-order valence-electron chi connectivity index (χ0n) is 15.8. The zero-order valence-corrected chi connectivity index (χ0v) is 15.8. The van der Waals surface area contributed by atoms with Gasteiger partial charge in [0.05, 0.1) is 5.69 Å². The fraction of sp³-hybridized carbons (Fsp3) is 0.0400. The molecule has 140 valence electrons. The molecule has 1 N–H and O–H groups in total. The summed E-state index contributed by atoms with van der Waals surface area (Å²) in [5, 5.41) is 12.3. The van der Waals surface area contributed by atoms with Crippen LogP contribution in [-0.2, 0) is 0 Å². The first-order chi connectivity index (χ1) is 14.2. The lowest BCUT2D eigenvalue weighted by Gasteiger charge is -2.04. The second-order valence-corrected chi connectivity index (χ2v) is 7.02. The monoisotopic (exact) mass is 378 g/mol. The molecule has 0 aliphatic heterocycles. The number of oxazole rings is 1. The van der Waals surface area contributed by atoms with E-state index in [1.165, 1.54) is 0 Å². The van der Waals surface area contributed by atoms with E-state index in [0.29, 0.717) is 17.0 Å². The summed E-state index contributed by atoms with van der Waals surface area (Å²) < 4.78 is 5.90. The Hall–Kier alpha value is -3.92. The summed E-state index contributed by atoms with van der Waals surface area (Å²) in [4.78, 5) is 9.18. The van der Waals surface area contributed by atoms with Crippen LogP contribution in [0.15, 0.2) is 88.3 Å². The summed E-state index contributed by atoms with van der Waals surface area (Å²) in [6.07, 6.45) is 1.69. The van der Waals surface area contributed by atoms with Gasteiger partial charge >= 0.3 is 0 Å². The molecule has 1 aromatic heterocycles. The molecule has 4 aromatic carbocycles. The lowest BCUT2D eigenvalue weighted by Crippen LogP contribution is -1.85. The smallest absolute Gasteiger partial charge is 0.227 e. The van der Waals surface area contributed by atoms with Crippen molar-refractivity contribution in [2.75, 3.05) is 0 Å². The van der Waals surface area contributed by atoms with Gasteiger partial charge in [0.2, 0.25) is 5.89 Å². The number of aliphatic imine (C=N–C) groups is 1. The van der Waals surface area contributed by atoms with Crippen molar-refractivity contribution in [2.24, 2.45) is 4.99 Å². The Kier molecular flexibility index (Phi) is 4.10. The third-order valence-electron chi connectivity index (χ3n) is 4.93. The van der Waals surface area contributed by atoms with E-state index in [4.69, 9.17) is 4.42 Å². The highest BCUT2D eigenvalue weighted by atomic mass is 16.3. The van der Waals surface area contributed by atoms with Crippen LogP contribution in [0.2, 0.25) is 0 Å². The van der Waals surface area contributed by atoms with Crippen LogP contribution in [0.25, 0.3) is 33.3 Å². The predicted octanol–water partition coefficient (Wildman–Crippen LogP) is 6.41. The molecular formula is C25H18N2O2. The molecule has 5 rings (SSSR count). The number of aromatic nitrogens is 1. The zero-order chi connectivity index (χ0) is 19.8. The van der Waals surface area contributed by atoms with Gasteiger partial charge < -0.3 is 9.52 Å². The molecule has 0 bridgehead atoms. The van der Waals surface area contributed by atoms with E-state index in [0.717, 1.165) is 33.1 Å². The second kappa shape index (κ2) is 6.91. The van der Waals surface area contributed by atoms with E-state index in [1.54, 1.807) is 12.3 Å². The molecule has 0 unspecified atom stereocenters. The molecule has 1 heterocycles. The molecule has 0 aliphatic rings. The molecule has 4 nitrogen and oxygen atoms in total. The SMILES string of the molecule is Cc1cccc(-c2nc3cc(N=Cc4c(O)ccc5ccccc45)ccc3o2)c1. The molecule has 4 heteroatoms. The van der Waals surface area contributed by atoms with Crippen molar-refractivity contribution in [1.82, 2.24) is 4.98 Å². The summed E-state index contributed by atoms with van der Waals surface area (Å²) in [5.41, 5.74) is 5.02. The highest BCUT2D eigenvalue weighted by Gasteiger charge is 2.09. The van der Waals surface area contributed by atoms with Crippen LogP contribution in [0.4, 0.5) is 5.69 Å². The first-order valence-corrected chi connectivity index (χ1v) is 9.40. The van der Waals surface area contributed by atoms with Crippen molar-refractivity contribution in [3.63, 3.8) is 0 Å². The van der Waals surface area contributed by atoms with Gasteiger partial charge in [0.15, 0.2) is 5.58 Å². The lowest BCUT2D eigenvalue weighted by atomic mass is 10.0. The molecule has 5 aromatic rings. The first kappa shape index (κ1) is 17.2. The van der Waals surface area contributed by atoms with Crippen LogP contribution in [0.3, 0.4) is 0 Å². The lowest BCUT2D eigenvalue weighted by molar-refractivity contribution is 0.475. The molecule has 0 saturated carbocycles. The van der Waals surface area contributed by atoms with Crippen molar-refractivity contribution in [1.29, 1.82) is 0 Å². The summed E-state index contributed by atoms with van der Waals surface area (Å²) in [6.45, 7) is 2.04. The van der Waals surface area contributed by atoms with Gasteiger partial charge in [0.25, 0.3) is 0 Å². The quantitative estimate of drug-likeness (QED) is 0.369. The maximum atomic E-state index is 10.3. The van der Waals surface area contributed by atoms with Crippen molar-refractivity contribution in [2.45, 2.75) is 6.92 Å². The fourth-order valence-corrected chi connectivity index (χ4v) is 3.46. The van der Waals surface area contributed by atoms with Crippen LogP contribution in [0, 0.1) is 6.92 Å². The van der Waals surface area contributed by atoms with Crippen LogP contribution in [0.1, 0.15) is 11.1 Å². The van der Waals surface area contributed by atoms with Crippen molar-refractivity contribution >= 4 is 33.8 Å². The van der Waals surface area contributed by atoms with Crippen molar-refractivity contribution < 1.29 is 9.52 Å². The van der Waals surface area contributed by atoms with Gasteiger partial charge in [-0.05, 0) is 54.1 Å². The van der Waals surface area contributed by atoms with E-state index in [1.807, 2.05) is 79.7 Å². The summed E-state index contributed by atoms with van der Waals surface area (Å²) >= 11 is 0. The van der Waals surface area contributed by atoms with E-state index in [-0.39, 0.29) is 5.75 Å². The fourth-order valence-electron chi connectivity index (χ4n) is 3.46. The number of hydrogen-bond acceptors (Lipinski definition) is 4. The number of rotatable bonds is 3. The normalized spacial score (nSPS) is 11.6. The van der Waals surface area contributed by atoms with Gasteiger partial charge in [-0.3, -0.25) is 4.99 Å². The molecular weight excluding hydrogens is 360 g/mol. The van der Waals surface area contributed by atoms with Crippen LogP contribution in [-0.4, -0.2) is 16.3 Å². The van der Waals surface area contributed by atoms with E-state index < -0.39 is 0 Å². The average Bonchev–Trinajstić information content (AvgIpc) is 3.16. The average molecular weight is 378 g/mol. The largest absolute Gasteiger partial charge is 0.507 e. The minimum absolute atomic E-state index is 0.205. The van der Waals surface area contributed by atoms with Crippen molar-refractivity contribution in [3.8, 4) is 17.2 Å². The van der Waals surface area contributed by atoms with Crippen LogP contribution >= 0.6 is 0 Å². The number of hydrogen-bond donors (Lipinski definition) is 1. The second-order valence-electron chi connectivity index (χ2n) is 7.02. The molecule has 0 fully saturated rings. The number of aromatic hydroxyl groups is 1. The molecule has 0 spiro atoms. The Morgan fingerprint density at radius 1 is 0.931 bits per heavy atom. The minimum atomic E-state index is 0.205. The summed E-state index contributed by atoms with van der Waals surface area (Å²) in [6, 6.07) is 25.2. The van der Waals surface area contributed by atoms with Gasteiger partial charge in [-0.15, -0.1) is 0 Å². The minimum Gasteiger partial charge on any atom is -0.507 e. The number of aryl methyl sites for hydroxylation is 1. The highest BCUT2D eigenvalue weighted by molar-refractivity contribution is 6.03. The summed E-state index contributed by atoms with van der Waals surface area (Å²) in [7, 11) is 0. The molecule has 0 saturated heterocycles. The van der Waals surface area contributed by atoms with Gasteiger partial charge in [-0.2, -0.15) is 0 Å². The number of nitrogens with zero attached hydrogens (tertiary/aromatic N) is 2. The third-order valence-corrected chi connectivity index (χ3v) is 4.93. The number of phenolic OH excluding ortho intramolecular Hbond substituents is 1. The third kappa shape index (κ3) is 3.25. The predicted molar refractivity (Wildman–Crippen MR) is 117 cm³/mol. The van der Waals surface area contributed by atoms with Gasteiger partial charge in [-0.25, -0.2) is 4.98 Å². The molecule has 0 radical (unpaired) electrons. The number of fused-ring (bicyclic) bond motifs is 2. The topological polar surface area (TPSA) is 58.6 Å². The van der Waals surface area contributed by atoms with Gasteiger partial charge in [-0.1, -0.05) is 48.0 Å². The maximum Gasteiger partial charge on any atom is 0.227 e. The van der Waals surface area contributed by atoms with Crippen LogP contribution < -0.4 is 0 Å². The summed E-state index contributed by atoms with van der Waals surface area (Å²) in [5.74, 6) is 0.799. The molecule has 0 atom stereocenters. The molecule has 0 aliphatic carbocycles. The number of benzene rings is 4. The maximum absolute atomic E-state index is 10.3. The Balaban J connectivity index is 1.53. The van der Waals surface area contributed by atoms with Crippen LogP contribution in [0.5, 0.6) is 5.75 Å².